The molecule has 0 spiro atoms. The Balaban J connectivity index is 2.03. The number of esters is 2. The number of nitrogens with one attached hydrogen (secondary N) is 1. The molecule has 1 N–H and O–H groups in total. The number of ether oxygens (including phenoxy) is 2. The molecule has 1 amide bonds. The summed E-state index contributed by atoms with van der Waals surface area (Å²) < 4.78 is 9.99. The molecule has 11 heteroatoms. The maximum Gasteiger partial charge on any atom is 0.349 e. The molecule has 2 heterocycles. The van der Waals surface area contributed by atoms with E-state index in [9.17, 15) is 24.5 Å². The molecule has 0 saturated heterocycles. The predicted octanol–water partition coefficient (Wildman–Crippen LogP) is 3.89. The van der Waals surface area contributed by atoms with Gasteiger partial charge in [-0.25, -0.2) is 9.59 Å². The van der Waals surface area contributed by atoms with Gasteiger partial charge in [-0.3, -0.25) is 14.9 Å². The summed E-state index contributed by atoms with van der Waals surface area (Å²) in [7, 11) is 0. The first-order chi connectivity index (χ1) is 13.7. The number of anilines is 1. The van der Waals surface area contributed by atoms with Crippen molar-refractivity contribution in [2.45, 2.75) is 27.2 Å². The second-order valence-electron chi connectivity index (χ2n) is 6.30. The Morgan fingerprint density at radius 1 is 1.21 bits per heavy atom. The highest BCUT2D eigenvalue weighted by atomic mass is 32.1. The number of carbonyl (C=O) groups is 3. The van der Waals surface area contributed by atoms with Gasteiger partial charge >= 0.3 is 16.9 Å². The SMILES string of the molecule is CCOC(=O)c1c(CC(C)C)csc1NC(=O)COC(=O)c1ccc([N+](=O)[O-])s1. The maximum absolute atomic E-state index is 12.3. The Morgan fingerprint density at radius 2 is 1.93 bits per heavy atom. The molecule has 0 aliphatic rings. The number of rotatable bonds is 9. The summed E-state index contributed by atoms with van der Waals surface area (Å²) in [6.45, 7) is 5.33. The van der Waals surface area contributed by atoms with Gasteiger partial charge in [0, 0.05) is 6.07 Å². The molecule has 9 nitrogen and oxygen atoms in total. The lowest BCUT2D eigenvalue weighted by Gasteiger charge is -2.10. The van der Waals surface area contributed by atoms with Crippen LogP contribution in [0.4, 0.5) is 10.0 Å². The van der Waals surface area contributed by atoms with Crippen LogP contribution in [0, 0.1) is 16.0 Å². The topological polar surface area (TPSA) is 125 Å². The van der Waals surface area contributed by atoms with E-state index >= 15 is 0 Å². The molecule has 0 aliphatic carbocycles. The zero-order chi connectivity index (χ0) is 21.6. The van der Waals surface area contributed by atoms with Crippen molar-refractivity contribution < 1.29 is 28.8 Å². The molecule has 0 aromatic carbocycles. The summed E-state index contributed by atoms with van der Waals surface area (Å²) in [4.78, 5) is 46.5. The average Bonchev–Trinajstić information content (AvgIpc) is 3.27. The summed E-state index contributed by atoms with van der Waals surface area (Å²) >= 11 is 1.85. The Kier molecular flexibility index (Phi) is 7.85. The van der Waals surface area contributed by atoms with E-state index in [1.54, 1.807) is 12.3 Å². The fraction of sp³-hybridized carbons (Fsp3) is 0.389. The third kappa shape index (κ3) is 6.09. The lowest BCUT2D eigenvalue weighted by Crippen LogP contribution is -2.21. The average molecular weight is 440 g/mol. The number of hydrogen-bond acceptors (Lipinski definition) is 9. The van der Waals surface area contributed by atoms with Crippen molar-refractivity contribution in [1.82, 2.24) is 0 Å². The van der Waals surface area contributed by atoms with Gasteiger partial charge in [0.05, 0.1) is 17.1 Å². The van der Waals surface area contributed by atoms with Crippen LogP contribution in [0.5, 0.6) is 0 Å². The van der Waals surface area contributed by atoms with Crippen molar-refractivity contribution in [2.24, 2.45) is 5.92 Å². The van der Waals surface area contributed by atoms with Crippen LogP contribution in [0.1, 0.15) is 46.4 Å². The van der Waals surface area contributed by atoms with Crippen LogP contribution in [0.15, 0.2) is 17.5 Å². The lowest BCUT2D eigenvalue weighted by molar-refractivity contribution is -0.380. The standard InChI is InChI=1S/C18H20N2O7S2/c1-4-26-18(23)15-11(7-10(2)3)9-28-16(15)19-13(21)8-27-17(22)12-5-6-14(29-12)20(24)25/h5-6,9-10H,4,7-8H2,1-3H3,(H,19,21). The number of nitrogens with zero attached hydrogens (tertiary/aromatic N) is 1. The fourth-order valence-electron chi connectivity index (χ4n) is 2.40. The molecule has 156 valence electrons. The van der Waals surface area contributed by atoms with Crippen molar-refractivity contribution in [2.75, 3.05) is 18.5 Å². The highest BCUT2D eigenvalue weighted by Crippen LogP contribution is 2.31. The van der Waals surface area contributed by atoms with E-state index in [1.807, 2.05) is 13.8 Å². The lowest BCUT2D eigenvalue weighted by atomic mass is 10.0. The summed E-state index contributed by atoms with van der Waals surface area (Å²) in [5.41, 5.74) is 1.08. The zero-order valence-corrected chi connectivity index (χ0v) is 17.7. The largest absolute Gasteiger partial charge is 0.462 e. The highest BCUT2D eigenvalue weighted by Gasteiger charge is 2.23. The molecule has 2 aromatic rings. The van der Waals surface area contributed by atoms with Crippen molar-refractivity contribution in [3.8, 4) is 0 Å². The van der Waals surface area contributed by atoms with Crippen molar-refractivity contribution >= 4 is 50.5 Å². The van der Waals surface area contributed by atoms with Crippen LogP contribution in [0.25, 0.3) is 0 Å². The minimum atomic E-state index is -0.837. The van der Waals surface area contributed by atoms with Gasteiger partial charge in [-0.05, 0) is 36.3 Å². The molecule has 0 atom stereocenters. The Morgan fingerprint density at radius 3 is 2.52 bits per heavy atom. The van der Waals surface area contributed by atoms with Crippen molar-refractivity contribution in [3.05, 3.63) is 43.6 Å². The van der Waals surface area contributed by atoms with Crippen molar-refractivity contribution in [3.63, 3.8) is 0 Å². The van der Waals surface area contributed by atoms with Crippen molar-refractivity contribution in [1.29, 1.82) is 0 Å². The molecule has 2 rings (SSSR count). The van der Waals surface area contributed by atoms with Crippen LogP contribution in [-0.4, -0.2) is 36.0 Å². The third-order valence-electron chi connectivity index (χ3n) is 3.54. The smallest absolute Gasteiger partial charge is 0.349 e. The normalized spacial score (nSPS) is 10.6. The predicted molar refractivity (Wildman–Crippen MR) is 109 cm³/mol. The fourth-order valence-corrected chi connectivity index (χ4v) is 4.10. The second kappa shape index (κ2) is 10.1. The van der Waals surface area contributed by atoms with Crippen LogP contribution >= 0.6 is 22.7 Å². The first-order valence-corrected chi connectivity index (χ1v) is 10.4. The molecule has 0 unspecified atom stereocenters. The molecule has 0 fully saturated rings. The van der Waals surface area contributed by atoms with E-state index in [-0.39, 0.29) is 16.5 Å². The van der Waals surface area contributed by atoms with E-state index in [4.69, 9.17) is 9.47 Å². The number of hydrogen-bond donors (Lipinski definition) is 1. The molecular formula is C18H20N2O7S2. The van der Waals surface area contributed by atoms with Gasteiger partial charge < -0.3 is 14.8 Å². The van der Waals surface area contributed by atoms with Crippen LogP contribution in [0.2, 0.25) is 0 Å². The summed E-state index contributed by atoms with van der Waals surface area (Å²) in [5.74, 6) is -1.69. The molecule has 0 saturated carbocycles. The van der Waals surface area contributed by atoms with Gasteiger partial charge in [-0.2, -0.15) is 0 Å². The first kappa shape index (κ1) is 22.5. The first-order valence-electron chi connectivity index (χ1n) is 8.71. The van der Waals surface area contributed by atoms with E-state index in [0.29, 0.717) is 34.2 Å². The zero-order valence-electron chi connectivity index (χ0n) is 16.1. The van der Waals surface area contributed by atoms with Gasteiger partial charge in [0.1, 0.15) is 9.88 Å². The van der Waals surface area contributed by atoms with Gasteiger partial charge in [0.15, 0.2) is 6.61 Å². The van der Waals surface area contributed by atoms with Gasteiger partial charge in [-0.15, -0.1) is 11.3 Å². The number of carbonyl (C=O) groups excluding carboxylic acids is 3. The van der Waals surface area contributed by atoms with Gasteiger partial charge in [0.2, 0.25) is 0 Å². The highest BCUT2D eigenvalue weighted by molar-refractivity contribution is 7.17. The van der Waals surface area contributed by atoms with Crippen LogP contribution < -0.4 is 5.32 Å². The molecule has 0 aliphatic heterocycles. The van der Waals surface area contributed by atoms with E-state index in [1.165, 1.54) is 23.5 Å². The van der Waals surface area contributed by atoms with E-state index in [2.05, 4.69) is 5.32 Å². The molecule has 0 radical (unpaired) electrons. The number of amides is 1. The minimum absolute atomic E-state index is 0.0204. The van der Waals surface area contributed by atoms with Crippen LogP contribution in [-0.2, 0) is 20.7 Å². The Bertz CT molecular complexity index is 917. The maximum atomic E-state index is 12.3. The molecule has 29 heavy (non-hydrogen) atoms. The third-order valence-corrected chi connectivity index (χ3v) is 5.50. The second-order valence-corrected chi connectivity index (χ2v) is 8.24. The number of thiophene rings is 2. The minimum Gasteiger partial charge on any atom is -0.462 e. The number of nitro groups is 1. The van der Waals surface area contributed by atoms with E-state index in [0.717, 1.165) is 5.56 Å². The summed E-state index contributed by atoms with van der Waals surface area (Å²) in [6, 6.07) is 2.45. The molecule has 2 aromatic heterocycles. The molecule has 0 bridgehead atoms. The summed E-state index contributed by atoms with van der Waals surface area (Å²) in [5, 5.41) is 15.2. The van der Waals surface area contributed by atoms with Gasteiger partial charge in [0.25, 0.3) is 5.91 Å². The molecular weight excluding hydrogens is 420 g/mol. The van der Waals surface area contributed by atoms with E-state index < -0.39 is 29.4 Å². The monoisotopic (exact) mass is 440 g/mol. The van der Waals surface area contributed by atoms with Gasteiger partial charge in [-0.1, -0.05) is 25.2 Å². The Hall–Kier alpha value is -2.79. The Labute approximate surface area is 174 Å². The van der Waals surface area contributed by atoms with Crippen LogP contribution in [0.3, 0.4) is 0 Å². The quantitative estimate of drug-likeness (QED) is 0.356. The summed E-state index contributed by atoms with van der Waals surface area (Å²) in [6.07, 6.45) is 0.645.